The van der Waals surface area contributed by atoms with E-state index in [1.54, 1.807) is 18.2 Å². The molecular weight excluding hydrogens is 314 g/mol. The van der Waals surface area contributed by atoms with E-state index in [0.717, 1.165) is 0 Å². The van der Waals surface area contributed by atoms with Crippen molar-refractivity contribution in [1.82, 2.24) is 9.29 Å². The Morgan fingerprint density at radius 3 is 2.52 bits per heavy atom. The molecule has 0 unspecified atom stereocenters. The van der Waals surface area contributed by atoms with Crippen molar-refractivity contribution in [3.8, 4) is 0 Å². The number of anilines is 1. The molecule has 3 rings (SSSR count). The molecule has 0 atom stereocenters. The fourth-order valence-electron chi connectivity index (χ4n) is 2.40. The minimum Gasteiger partial charge on any atom is -0.399 e. The van der Waals surface area contributed by atoms with E-state index in [9.17, 15) is 16.8 Å². The molecule has 3 N–H and O–H groups in total. The molecule has 0 radical (unpaired) electrons. The fourth-order valence-corrected chi connectivity index (χ4v) is 5.43. The number of nitrogens with zero attached hydrogens (tertiary/aromatic N) is 1. The SMILES string of the molecule is Nc1ccc2[nH]cc(S(=O)(=O)N3CCS(=O)(=O)CC3)c2c1. The molecule has 114 valence electrons. The lowest BCUT2D eigenvalue weighted by molar-refractivity contribution is 0.431. The average molecular weight is 329 g/mol. The van der Waals surface area contributed by atoms with Gasteiger partial charge in [0.1, 0.15) is 4.90 Å². The maximum Gasteiger partial charge on any atom is 0.245 e. The van der Waals surface area contributed by atoms with Gasteiger partial charge in [-0.15, -0.1) is 0 Å². The van der Waals surface area contributed by atoms with Crippen molar-refractivity contribution >= 4 is 36.5 Å². The van der Waals surface area contributed by atoms with Gasteiger partial charge in [-0.25, -0.2) is 16.8 Å². The van der Waals surface area contributed by atoms with E-state index in [-0.39, 0.29) is 29.5 Å². The third-order valence-electron chi connectivity index (χ3n) is 3.59. The molecule has 0 amide bonds. The fraction of sp³-hybridized carbons (Fsp3) is 0.333. The van der Waals surface area contributed by atoms with Gasteiger partial charge in [0, 0.05) is 35.9 Å². The van der Waals surface area contributed by atoms with Gasteiger partial charge in [0.15, 0.2) is 9.84 Å². The van der Waals surface area contributed by atoms with Gasteiger partial charge >= 0.3 is 0 Å². The van der Waals surface area contributed by atoms with Crippen LogP contribution in [0.3, 0.4) is 0 Å². The van der Waals surface area contributed by atoms with E-state index < -0.39 is 19.9 Å². The lowest BCUT2D eigenvalue weighted by Crippen LogP contribution is -2.43. The zero-order chi connectivity index (χ0) is 15.3. The van der Waals surface area contributed by atoms with Crippen LogP contribution in [0.15, 0.2) is 29.3 Å². The minimum absolute atomic E-state index is 0.0142. The molecule has 0 aliphatic carbocycles. The average Bonchev–Trinajstić information content (AvgIpc) is 2.81. The molecule has 1 aromatic heterocycles. The molecule has 2 aromatic rings. The third kappa shape index (κ3) is 2.52. The predicted octanol–water partition coefficient (Wildman–Crippen LogP) is 0.169. The first-order chi connectivity index (χ1) is 9.79. The van der Waals surface area contributed by atoms with Crippen molar-refractivity contribution in [2.24, 2.45) is 0 Å². The predicted molar refractivity (Wildman–Crippen MR) is 80.1 cm³/mol. The van der Waals surface area contributed by atoms with E-state index >= 15 is 0 Å². The topological polar surface area (TPSA) is 113 Å². The highest BCUT2D eigenvalue weighted by Gasteiger charge is 2.32. The molecule has 7 nitrogen and oxygen atoms in total. The summed E-state index contributed by atoms with van der Waals surface area (Å²) in [6.45, 7) is -0.0285. The van der Waals surface area contributed by atoms with Crippen molar-refractivity contribution in [1.29, 1.82) is 0 Å². The van der Waals surface area contributed by atoms with Crippen LogP contribution in [0.5, 0.6) is 0 Å². The molecule has 0 spiro atoms. The molecule has 1 aromatic carbocycles. The number of nitrogens with one attached hydrogen (secondary N) is 1. The second-order valence-corrected chi connectivity index (χ2v) is 9.22. The Kier molecular flexibility index (Phi) is 3.23. The molecule has 21 heavy (non-hydrogen) atoms. The minimum atomic E-state index is -3.73. The Morgan fingerprint density at radius 1 is 1.19 bits per heavy atom. The molecule has 1 saturated heterocycles. The number of sulfone groups is 1. The molecule has 9 heteroatoms. The summed E-state index contributed by atoms with van der Waals surface area (Å²) in [5, 5.41) is 0.517. The normalized spacial score (nSPS) is 19.8. The van der Waals surface area contributed by atoms with Crippen LogP contribution in [-0.4, -0.2) is 50.7 Å². The number of hydrogen-bond acceptors (Lipinski definition) is 5. The van der Waals surface area contributed by atoms with Crippen molar-refractivity contribution in [2.75, 3.05) is 30.3 Å². The number of hydrogen-bond donors (Lipinski definition) is 2. The number of nitrogen functional groups attached to an aromatic ring is 1. The van der Waals surface area contributed by atoms with E-state index in [4.69, 9.17) is 5.73 Å². The molecule has 1 aliphatic rings. The Balaban J connectivity index is 2.03. The van der Waals surface area contributed by atoms with Crippen LogP contribution in [0.4, 0.5) is 5.69 Å². The monoisotopic (exact) mass is 329 g/mol. The van der Waals surface area contributed by atoms with E-state index in [1.165, 1.54) is 10.5 Å². The van der Waals surface area contributed by atoms with E-state index in [0.29, 0.717) is 16.6 Å². The van der Waals surface area contributed by atoms with Crippen LogP contribution < -0.4 is 5.73 Å². The summed E-state index contributed by atoms with van der Waals surface area (Å²) >= 11 is 0. The molecular formula is C12H15N3O4S2. The van der Waals surface area contributed by atoms with Gasteiger partial charge in [-0.3, -0.25) is 0 Å². The first-order valence-corrected chi connectivity index (χ1v) is 9.63. The Labute approximate surface area is 122 Å². The number of sulfonamides is 1. The van der Waals surface area contributed by atoms with Gasteiger partial charge in [-0.1, -0.05) is 0 Å². The first kappa shape index (κ1) is 14.4. The number of fused-ring (bicyclic) bond motifs is 1. The third-order valence-corrected chi connectivity index (χ3v) is 7.14. The Morgan fingerprint density at radius 2 is 1.86 bits per heavy atom. The maximum atomic E-state index is 12.7. The second kappa shape index (κ2) is 4.72. The maximum absolute atomic E-state index is 12.7. The van der Waals surface area contributed by atoms with Crippen molar-refractivity contribution in [3.05, 3.63) is 24.4 Å². The summed E-state index contributed by atoms with van der Waals surface area (Å²) in [4.78, 5) is 3.03. The summed E-state index contributed by atoms with van der Waals surface area (Å²) in [7, 11) is -6.86. The van der Waals surface area contributed by atoms with Gasteiger partial charge in [-0.05, 0) is 18.2 Å². The van der Waals surface area contributed by atoms with Gasteiger partial charge in [0.2, 0.25) is 10.0 Å². The highest BCUT2D eigenvalue weighted by Crippen LogP contribution is 2.28. The van der Waals surface area contributed by atoms with Crippen LogP contribution in [-0.2, 0) is 19.9 Å². The summed E-state index contributed by atoms with van der Waals surface area (Å²) < 4.78 is 49.4. The zero-order valence-electron chi connectivity index (χ0n) is 11.1. The van der Waals surface area contributed by atoms with Gasteiger partial charge in [-0.2, -0.15) is 4.31 Å². The van der Waals surface area contributed by atoms with Crippen LogP contribution in [0.1, 0.15) is 0 Å². The van der Waals surface area contributed by atoms with Crippen LogP contribution in [0.2, 0.25) is 0 Å². The van der Waals surface area contributed by atoms with E-state index in [1.807, 2.05) is 0 Å². The van der Waals surface area contributed by atoms with Crippen LogP contribution in [0.25, 0.3) is 10.9 Å². The van der Waals surface area contributed by atoms with Gasteiger partial charge in [0.05, 0.1) is 11.5 Å². The molecule has 0 bridgehead atoms. The highest BCUT2D eigenvalue weighted by atomic mass is 32.2. The summed E-state index contributed by atoms with van der Waals surface area (Å²) in [5.74, 6) is -0.284. The van der Waals surface area contributed by atoms with Crippen LogP contribution >= 0.6 is 0 Å². The summed E-state index contributed by atoms with van der Waals surface area (Å²) in [6, 6.07) is 4.99. The zero-order valence-corrected chi connectivity index (χ0v) is 12.7. The Bertz CT molecular complexity index is 886. The number of aromatic amines is 1. The standard InChI is InChI=1S/C12H15N3O4S2/c13-9-1-2-11-10(7-9)12(8-14-11)21(18,19)15-3-5-20(16,17)6-4-15/h1-2,7-8,14H,3-6,13H2. The quantitative estimate of drug-likeness (QED) is 0.763. The van der Waals surface area contributed by atoms with Crippen molar-refractivity contribution in [2.45, 2.75) is 4.90 Å². The van der Waals surface area contributed by atoms with Gasteiger partial charge < -0.3 is 10.7 Å². The second-order valence-electron chi connectivity index (χ2n) is 5.01. The van der Waals surface area contributed by atoms with E-state index in [2.05, 4.69) is 4.98 Å². The number of nitrogens with two attached hydrogens (primary N) is 1. The lowest BCUT2D eigenvalue weighted by Gasteiger charge is -2.25. The lowest BCUT2D eigenvalue weighted by atomic mass is 10.2. The molecule has 2 heterocycles. The van der Waals surface area contributed by atoms with Crippen LogP contribution in [0, 0.1) is 0 Å². The highest BCUT2D eigenvalue weighted by molar-refractivity contribution is 7.92. The van der Waals surface area contributed by atoms with Gasteiger partial charge in [0.25, 0.3) is 0 Å². The molecule has 1 aliphatic heterocycles. The summed E-state index contributed by atoms with van der Waals surface area (Å²) in [5.41, 5.74) is 6.85. The first-order valence-electron chi connectivity index (χ1n) is 6.37. The van der Waals surface area contributed by atoms with Crippen molar-refractivity contribution in [3.63, 3.8) is 0 Å². The van der Waals surface area contributed by atoms with Crippen molar-refractivity contribution < 1.29 is 16.8 Å². The number of H-pyrrole nitrogens is 1. The molecule has 0 saturated carbocycles. The number of benzene rings is 1. The number of aromatic nitrogens is 1. The largest absolute Gasteiger partial charge is 0.399 e. The Hall–Kier alpha value is -1.58. The smallest absolute Gasteiger partial charge is 0.245 e. The number of rotatable bonds is 2. The molecule has 1 fully saturated rings. The summed E-state index contributed by atoms with van der Waals surface area (Å²) in [6.07, 6.45) is 1.42.